The lowest BCUT2D eigenvalue weighted by molar-refractivity contribution is -0.138. The summed E-state index contributed by atoms with van der Waals surface area (Å²) < 4.78 is 115. The van der Waals surface area contributed by atoms with Crippen molar-refractivity contribution in [1.29, 1.82) is 10.5 Å². The molecule has 8 rings (SSSR count). The third-order valence-corrected chi connectivity index (χ3v) is 15.2. The number of ether oxygens (including phenoxy) is 1. The molecule has 4 heterocycles. The number of nitrogens with one attached hydrogen (secondary N) is 5. The van der Waals surface area contributed by atoms with Crippen molar-refractivity contribution in [2.45, 2.75) is 101 Å². The van der Waals surface area contributed by atoms with Gasteiger partial charge in [-0.1, -0.05) is 12.1 Å². The third kappa shape index (κ3) is 11.5. The Bertz CT molecular complexity index is 3190. The van der Waals surface area contributed by atoms with Crippen LogP contribution in [-0.4, -0.2) is 92.4 Å². The Labute approximate surface area is 404 Å². The summed E-state index contributed by atoms with van der Waals surface area (Å²) in [7, 11) is -5.88. The van der Waals surface area contributed by atoms with Crippen molar-refractivity contribution in [3.8, 4) is 34.7 Å². The number of alkyl halides is 6. The number of alkyl carbamates (subject to hydrolysis) is 1. The van der Waals surface area contributed by atoms with E-state index in [0.717, 1.165) is 38.1 Å². The van der Waals surface area contributed by atoms with Crippen molar-refractivity contribution in [1.82, 2.24) is 35.2 Å². The minimum absolute atomic E-state index is 0.0271. The van der Waals surface area contributed by atoms with E-state index < -0.39 is 49.5 Å². The first kappa shape index (κ1) is 52.4. The van der Waals surface area contributed by atoms with Crippen LogP contribution in [0.1, 0.15) is 81.5 Å². The zero-order chi connectivity index (χ0) is 52.0. The molecule has 0 unspecified atom stereocenters. The number of benzene rings is 2. The van der Waals surface area contributed by atoms with Crippen LogP contribution in [0.3, 0.4) is 0 Å². The minimum atomic E-state index is -4.74. The van der Waals surface area contributed by atoms with Crippen LogP contribution in [0.4, 0.5) is 43.0 Å². The smallest absolute Gasteiger partial charge is 0.419 e. The van der Waals surface area contributed by atoms with Crippen LogP contribution in [-0.2, 0) is 26.2 Å². The van der Waals surface area contributed by atoms with Crippen molar-refractivity contribution in [2.24, 2.45) is 5.73 Å². The van der Waals surface area contributed by atoms with Gasteiger partial charge in [-0.05, 0) is 98.1 Å². The van der Waals surface area contributed by atoms with E-state index in [0.29, 0.717) is 40.0 Å². The molecule has 2 fully saturated rings. The molecule has 0 saturated heterocycles. The van der Waals surface area contributed by atoms with Crippen molar-refractivity contribution < 1.29 is 45.0 Å². The highest BCUT2D eigenvalue weighted by Crippen LogP contribution is 2.45. The molecule has 7 N–H and O–H groups in total. The second kappa shape index (κ2) is 19.6. The van der Waals surface area contributed by atoms with Gasteiger partial charge in [-0.25, -0.2) is 24.7 Å². The lowest BCUT2D eigenvalue weighted by atomic mass is 10.0. The Morgan fingerprint density at radius 2 is 1.13 bits per heavy atom. The highest BCUT2D eigenvalue weighted by molar-refractivity contribution is 7.71. The number of carbonyl (C=O) groups excluding carboxylic acids is 1. The van der Waals surface area contributed by atoms with Gasteiger partial charge < -0.3 is 45.5 Å². The molecule has 2 aromatic carbocycles. The second-order valence-electron chi connectivity index (χ2n) is 19.3. The number of amides is 1. The van der Waals surface area contributed by atoms with E-state index in [-0.39, 0.29) is 75.0 Å². The molecular formula is C47H52F6N12O4P2. The van der Waals surface area contributed by atoms with Gasteiger partial charge in [0, 0.05) is 64.8 Å². The molecule has 2 aliphatic carbocycles. The van der Waals surface area contributed by atoms with Crippen molar-refractivity contribution in [2.75, 3.05) is 37.3 Å². The number of aromatic nitrogens is 6. The molecule has 24 heteroatoms. The first-order valence-electron chi connectivity index (χ1n) is 22.5. The van der Waals surface area contributed by atoms with Gasteiger partial charge in [-0.3, -0.25) is 0 Å². The van der Waals surface area contributed by atoms with Crippen molar-refractivity contribution in [3.63, 3.8) is 0 Å². The van der Waals surface area contributed by atoms with Gasteiger partial charge >= 0.3 is 18.4 Å². The molecule has 1 amide bonds. The Hall–Kier alpha value is -6.47. The summed E-state index contributed by atoms with van der Waals surface area (Å²) >= 11 is 0. The predicted octanol–water partition coefficient (Wildman–Crippen LogP) is 9.68. The topological polar surface area (TPSA) is 253 Å². The second-order valence-corrected chi connectivity index (χ2v) is 25.6. The van der Waals surface area contributed by atoms with Gasteiger partial charge in [-0.15, -0.1) is 0 Å². The number of H-pyrrole nitrogens is 2. The summed E-state index contributed by atoms with van der Waals surface area (Å²) in [5, 5.41) is 29.3. The van der Waals surface area contributed by atoms with Crippen LogP contribution in [0.2, 0.25) is 0 Å². The van der Waals surface area contributed by atoms with Crippen LogP contribution >= 0.6 is 14.3 Å². The van der Waals surface area contributed by atoms with E-state index in [1.165, 1.54) is 57.3 Å². The molecule has 0 spiro atoms. The first-order valence-corrected chi connectivity index (χ1v) is 27.7. The molecule has 71 heavy (non-hydrogen) atoms. The van der Waals surface area contributed by atoms with E-state index in [9.17, 15) is 50.8 Å². The standard InChI is InChI=1S/C26H30F3N6O3P.C21H22F3N6OP/c1-25(2,3)38-24(36)34-19-8-6-7-18(19)33-23-32-13-17(26(27,28)29)20(35-23)16-12-31-21-15(16)10-9-14(11-30)22(21)39(4,5)37;1-32(2,31)19-11(8-25)6-7-12-13(9-27-18(12)19)17-14(21(22,23)24)10-28-20(30-17)29-16-5-3-4-15(16)26/h9-10,12-13,18-19,31H,6-8H2,1-5H3,(H,34,36)(H,32,33,35);6-7,9-10,15-16,27H,3-5,26H2,1-2H3,(H,28,29,30)/t18-,19-;15-,16-/m00/s1. The van der Waals surface area contributed by atoms with Gasteiger partial charge in [0.25, 0.3) is 0 Å². The van der Waals surface area contributed by atoms with Gasteiger partial charge in [0.15, 0.2) is 0 Å². The largest absolute Gasteiger partial charge is 0.444 e. The van der Waals surface area contributed by atoms with Crippen LogP contribution in [0.25, 0.3) is 44.3 Å². The molecule has 376 valence electrons. The number of anilines is 2. The Morgan fingerprint density at radius 3 is 1.52 bits per heavy atom. The zero-order valence-corrected chi connectivity index (χ0v) is 41.5. The van der Waals surface area contributed by atoms with E-state index in [2.05, 4.69) is 45.9 Å². The van der Waals surface area contributed by atoms with E-state index >= 15 is 0 Å². The monoisotopic (exact) mass is 1020 g/mol. The number of fused-ring (bicyclic) bond motifs is 2. The average Bonchev–Trinajstić information content (AvgIpc) is 4.08. The quantitative estimate of drug-likeness (QED) is 0.0583. The van der Waals surface area contributed by atoms with Crippen molar-refractivity contribution in [3.05, 3.63) is 71.3 Å². The Kier molecular flexibility index (Phi) is 14.5. The number of nitrogens with two attached hydrogens (primary N) is 1. The molecule has 6 aromatic rings. The molecule has 0 radical (unpaired) electrons. The number of nitriles is 2. The average molecular weight is 1020 g/mol. The highest BCUT2D eigenvalue weighted by Gasteiger charge is 2.39. The maximum Gasteiger partial charge on any atom is 0.419 e. The fourth-order valence-corrected chi connectivity index (χ4v) is 11.9. The summed E-state index contributed by atoms with van der Waals surface area (Å²) in [6.07, 6.45) is -1.12. The minimum Gasteiger partial charge on any atom is -0.444 e. The fourth-order valence-electron chi connectivity index (χ4n) is 9.05. The molecule has 2 saturated carbocycles. The number of rotatable bonds is 9. The van der Waals surface area contributed by atoms with E-state index in [1.54, 1.807) is 26.8 Å². The normalized spacial score (nSPS) is 18.6. The molecule has 16 nitrogen and oxygen atoms in total. The van der Waals surface area contributed by atoms with E-state index in [1.807, 2.05) is 12.1 Å². The van der Waals surface area contributed by atoms with Crippen LogP contribution < -0.4 is 32.3 Å². The Morgan fingerprint density at radius 1 is 0.704 bits per heavy atom. The third-order valence-electron chi connectivity index (χ3n) is 12.1. The predicted molar refractivity (Wildman–Crippen MR) is 260 cm³/mol. The number of hydrogen-bond donors (Lipinski definition) is 6. The number of carbonyl (C=O) groups is 1. The number of aromatic amines is 2. The van der Waals surface area contributed by atoms with Gasteiger partial charge in [0.1, 0.15) is 31.0 Å². The number of halogens is 6. The molecule has 0 aliphatic heterocycles. The molecule has 0 bridgehead atoms. The number of nitrogens with zero attached hydrogens (tertiary/aromatic N) is 6. The lowest BCUT2D eigenvalue weighted by Gasteiger charge is -2.25. The van der Waals surface area contributed by atoms with Crippen LogP contribution in [0, 0.1) is 22.7 Å². The lowest BCUT2D eigenvalue weighted by Crippen LogP contribution is -2.45. The van der Waals surface area contributed by atoms with Crippen LogP contribution in [0.15, 0.2) is 49.1 Å². The summed E-state index contributed by atoms with van der Waals surface area (Å²) in [5.74, 6) is 0.0379. The highest BCUT2D eigenvalue weighted by atomic mass is 31.2. The summed E-state index contributed by atoms with van der Waals surface area (Å²) in [6.45, 7) is 11.3. The molecule has 4 atom stereocenters. The SMILES string of the molecule is CC(C)(C)OC(=O)N[C@H]1CCC[C@@H]1Nc1ncc(C(F)(F)F)c(-c2c[nH]c3c(P(C)(C)=O)c(C#N)ccc23)n1.CP(C)(=O)c1c(C#N)ccc2c(-c3nc(N[C@H]4CCC[C@@H]4N)ncc3C(F)(F)F)c[nH]c12. The molecule has 4 aromatic heterocycles. The zero-order valence-electron chi connectivity index (χ0n) is 39.7. The first-order chi connectivity index (χ1) is 33.1. The maximum absolute atomic E-state index is 14.0. The van der Waals surface area contributed by atoms with Gasteiger partial charge in [-0.2, -0.15) is 36.9 Å². The molecule has 2 aliphatic rings. The Balaban J connectivity index is 0.000000213. The summed E-state index contributed by atoms with van der Waals surface area (Å²) in [4.78, 5) is 34.4. The number of hydrogen-bond acceptors (Lipinski definition) is 13. The maximum atomic E-state index is 14.0. The van der Waals surface area contributed by atoms with Gasteiger partial charge in [0.05, 0.1) is 62.3 Å². The summed E-state index contributed by atoms with van der Waals surface area (Å²) in [6, 6.07) is 9.14. The fraction of sp³-hybridized carbons (Fsp3) is 0.426. The summed E-state index contributed by atoms with van der Waals surface area (Å²) in [5.41, 5.74) is 4.13. The van der Waals surface area contributed by atoms with Crippen molar-refractivity contribution >= 4 is 64.7 Å². The van der Waals surface area contributed by atoms with Crippen LogP contribution in [0.5, 0.6) is 0 Å². The van der Waals surface area contributed by atoms with Gasteiger partial charge in [0.2, 0.25) is 11.9 Å². The molecular weight excluding hydrogens is 973 g/mol. The van der Waals surface area contributed by atoms with E-state index in [4.69, 9.17) is 10.5 Å².